The normalized spacial score (nSPS) is 10.3. The minimum atomic E-state index is -0.884. The molecule has 5 heteroatoms. The molecule has 0 fully saturated rings. The number of rotatable bonds is 7. The van der Waals surface area contributed by atoms with Crippen molar-refractivity contribution >= 4 is 23.3 Å². The molecule has 0 heterocycles. The number of nitrogen functional groups attached to an aromatic ring is 1. The number of benzene rings is 2. The van der Waals surface area contributed by atoms with Crippen molar-refractivity contribution in [3.05, 3.63) is 59.7 Å². The van der Waals surface area contributed by atoms with E-state index in [2.05, 4.69) is 5.32 Å². The number of carboxylic acid groups (broad SMARTS) is 1. The zero-order valence-corrected chi connectivity index (χ0v) is 12.8. The highest BCUT2D eigenvalue weighted by Crippen LogP contribution is 2.15. The number of aliphatic carboxylic acids is 1. The summed E-state index contributed by atoms with van der Waals surface area (Å²) in [5.41, 5.74) is 9.43. The fraction of sp³-hybridized carbons (Fsp3) is 0.222. The van der Waals surface area contributed by atoms with Crippen LogP contribution in [0.3, 0.4) is 0 Å². The van der Waals surface area contributed by atoms with Gasteiger partial charge in [-0.2, -0.15) is 0 Å². The van der Waals surface area contributed by atoms with Gasteiger partial charge in [-0.25, -0.2) is 0 Å². The van der Waals surface area contributed by atoms with Gasteiger partial charge in [0, 0.05) is 24.2 Å². The molecule has 4 N–H and O–H groups in total. The van der Waals surface area contributed by atoms with Crippen LogP contribution in [0.2, 0.25) is 0 Å². The molecule has 0 radical (unpaired) electrons. The third kappa shape index (κ3) is 5.82. The predicted octanol–water partition coefficient (Wildman–Crippen LogP) is 3.05. The molecule has 0 unspecified atom stereocenters. The minimum absolute atomic E-state index is 0.00788. The zero-order chi connectivity index (χ0) is 16.7. The van der Waals surface area contributed by atoms with Crippen molar-refractivity contribution in [2.24, 2.45) is 0 Å². The van der Waals surface area contributed by atoms with Gasteiger partial charge < -0.3 is 16.2 Å². The number of nitrogens with one attached hydrogen (secondary N) is 1. The highest BCUT2D eigenvalue weighted by atomic mass is 16.4. The first-order valence-electron chi connectivity index (χ1n) is 7.48. The third-order valence-electron chi connectivity index (χ3n) is 3.42. The lowest BCUT2D eigenvalue weighted by Crippen LogP contribution is -2.11. The van der Waals surface area contributed by atoms with E-state index in [0.717, 1.165) is 17.7 Å². The lowest BCUT2D eigenvalue weighted by Gasteiger charge is -2.07. The zero-order valence-electron chi connectivity index (χ0n) is 12.8. The maximum atomic E-state index is 11.7. The summed E-state index contributed by atoms with van der Waals surface area (Å²) in [6.45, 7) is 0. The van der Waals surface area contributed by atoms with E-state index in [-0.39, 0.29) is 18.7 Å². The maximum Gasteiger partial charge on any atom is 0.303 e. The van der Waals surface area contributed by atoms with E-state index in [1.165, 1.54) is 5.56 Å². The Kier molecular flexibility index (Phi) is 5.74. The molecule has 0 spiro atoms. The van der Waals surface area contributed by atoms with Gasteiger partial charge in [0.25, 0.3) is 0 Å². The predicted molar refractivity (Wildman–Crippen MR) is 90.2 cm³/mol. The maximum absolute atomic E-state index is 11.7. The average molecular weight is 312 g/mol. The molecule has 0 atom stereocenters. The molecule has 23 heavy (non-hydrogen) atoms. The molecule has 0 aliphatic heterocycles. The molecular formula is C18H20N2O3. The van der Waals surface area contributed by atoms with E-state index >= 15 is 0 Å². The quantitative estimate of drug-likeness (QED) is 0.685. The Balaban J connectivity index is 1.85. The lowest BCUT2D eigenvalue weighted by molar-refractivity contribution is -0.137. The second-order valence-electron chi connectivity index (χ2n) is 5.41. The third-order valence-corrected chi connectivity index (χ3v) is 3.42. The summed E-state index contributed by atoms with van der Waals surface area (Å²) >= 11 is 0. The van der Waals surface area contributed by atoms with Crippen molar-refractivity contribution < 1.29 is 14.7 Å². The van der Waals surface area contributed by atoms with Gasteiger partial charge in [-0.15, -0.1) is 0 Å². The second-order valence-corrected chi connectivity index (χ2v) is 5.41. The number of carbonyl (C=O) groups is 2. The molecule has 0 bridgehead atoms. The highest BCUT2D eigenvalue weighted by molar-refractivity contribution is 5.90. The second kappa shape index (κ2) is 7.98. The Bertz CT molecular complexity index is 664. The van der Waals surface area contributed by atoms with Crippen molar-refractivity contribution in [3.63, 3.8) is 0 Å². The van der Waals surface area contributed by atoms with Crippen molar-refractivity contribution in [1.82, 2.24) is 0 Å². The summed E-state index contributed by atoms with van der Waals surface area (Å²) in [6, 6.07) is 15.4. The SMILES string of the molecule is Nc1ccc(Cc2ccc(NC(=O)CCCC(=O)O)cc2)cc1. The summed E-state index contributed by atoms with van der Waals surface area (Å²) in [6.07, 6.45) is 1.36. The van der Waals surface area contributed by atoms with Crippen LogP contribution in [0.25, 0.3) is 0 Å². The van der Waals surface area contributed by atoms with Crippen LogP contribution < -0.4 is 11.1 Å². The number of hydrogen-bond donors (Lipinski definition) is 3. The fourth-order valence-electron chi connectivity index (χ4n) is 2.20. The number of carboxylic acids is 1. The van der Waals surface area contributed by atoms with Crippen LogP contribution in [0, 0.1) is 0 Å². The van der Waals surface area contributed by atoms with E-state index < -0.39 is 5.97 Å². The van der Waals surface area contributed by atoms with Gasteiger partial charge in [-0.1, -0.05) is 24.3 Å². The summed E-state index contributed by atoms with van der Waals surface area (Å²) in [7, 11) is 0. The molecular weight excluding hydrogens is 292 g/mol. The van der Waals surface area contributed by atoms with Gasteiger partial charge in [-0.05, 0) is 48.2 Å². The first-order chi connectivity index (χ1) is 11.0. The first kappa shape index (κ1) is 16.5. The number of hydrogen-bond acceptors (Lipinski definition) is 3. The van der Waals surface area contributed by atoms with Crippen LogP contribution >= 0.6 is 0 Å². The van der Waals surface area contributed by atoms with E-state index in [4.69, 9.17) is 10.8 Å². The number of amides is 1. The Morgan fingerprint density at radius 2 is 1.48 bits per heavy atom. The number of nitrogens with two attached hydrogens (primary N) is 1. The lowest BCUT2D eigenvalue weighted by atomic mass is 10.0. The standard InChI is InChI=1S/C18H20N2O3/c19-15-8-4-13(5-9-15)12-14-6-10-16(11-7-14)20-17(21)2-1-3-18(22)23/h4-11H,1-3,12,19H2,(H,20,21)(H,22,23). The van der Waals surface area contributed by atoms with Gasteiger partial charge in [0.2, 0.25) is 5.91 Å². The highest BCUT2D eigenvalue weighted by Gasteiger charge is 2.05. The van der Waals surface area contributed by atoms with Crippen LogP contribution in [0.5, 0.6) is 0 Å². The topological polar surface area (TPSA) is 92.4 Å². The number of carbonyl (C=O) groups excluding carboxylic acids is 1. The molecule has 0 saturated carbocycles. The molecule has 2 rings (SSSR count). The van der Waals surface area contributed by atoms with Crippen LogP contribution in [0.15, 0.2) is 48.5 Å². The van der Waals surface area contributed by atoms with Gasteiger partial charge in [0.15, 0.2) is 0 Å². The summed E-state index contributed by atoms with van der Waals surface area (Å²) in [5, 5.41) is 11.3. The van der Waals surface area contributed by atoms with Crippen LogP contribution in [0.1, 0.15) is 30.4 Å². The van der Waals surface area contributed by atoms with Crippen molar-refractivity contribution in [2.45, 2.75) is 25.7 Å². The Hall–Kier alpha value is -2.82. The molecule has 0 aliphatic carbocycles. The molecule has 2 aromatic carbocycles. The Labute approximate surface area is 135 Å². The summed E-state index contributed by atoms with van der Waals surface area (Å²) in [5.74, 6) is -1.05. The molecule has 120 valence electrons. The number of anilines is 2. The van der Waals surface area contributed by atoms with Gasteiger partial charge in [0.1, 0.15) is 0 Å². The Morgan fingerprint density at radius 3 is 2.04 bits per heavy atom. The summed E-state index contributed by atoms with van der Waals surface area (Å²) in [4.78, 5) is 22.1. The molecule has 1 amide bonds. The Morgan fingerprint density at radius 1 is 0.913 bits per heavy atom. The smallest absolute Gasteiger partial charge is 0.303 e. The van der Waals surface area contributed by atoms with Crippen molar-refractivity contribution in [1.29, 1.82) is 0 Å². The van der Waals surface area contributed by atoms with Gasteiger partial charge >= 0.3 is 5.97 Å². The molecule has 0 saturated heterocycles. The fourth-order valence-corrected chi connectivity index (χ4v) is 2.20. The van der Waals surface area contributed by atoms with E-state index in [1.807, 2.05) is 48.5 Å². The molecule has 2 aromatic rings. The van der Waals surface area contributed by atoms with E-state index in [9.17, 15) is 9.59 Å². The molecule has 5 nitrogen and oxygen atoms in total. The largest absolute Gasteiger partial charge is 0.481 e. The van der Waals surface area contributed by atoms with Crippen molar-refractivity contribution in [2.75, 3.05) is 11.1 Å². The van der Waals surface area contributed by atoms with E-state index in [1.54, 1.807) is 0 Å². The van der Waals surface area contributed by atoms with E-state index in [0.29, 0.717) is 12.1 Å². The summed E-state index contributed by atoms with van der Waals surface area (Å²) < 4.78 is 0. The first-order valence-corrected chi connectivity index (χ1v) is 7.48. The van der Waals surface area contributed by atoms with Crippen molar-refractivity contribution in [3.8, 4) is 0 Å². The average Bonchev–Trinajstić information content (AvgIpc) is 2.51. The van der Waals surface area contributed by atoms with Gasteiger partial charge in [-0.3, -0.25) is 9.59 Å². The van der Waals surface area contributed by atoms with Gasteiger partial charge in [0.05, 0.1) is 0 Å². The van der Waals surface area contributed by atoms with Crippen LogP contribution in [0.4, 0.5) is 11.4 Å². The van der Waals surface area contributed by atoms with Crippen LogP contribution in [-0.4, -0.2) is 17.0 Å². The molecule has 0 aliphatic rings. The minimum Gasteiger partial charge on any atom is -0.481 e. The monoisotopic (exact) mass is 312 g/mol. The molecule has 0 aromatic heterocycles. The van der Waals surface area contributed by atoms with Crippen LogP contribution in [-0.2, 0) is 16.0 Å².